The highest BCUT2D eigenvalue weighted by Crippen LogP contribution is 2.40. The number of nitrogens with one attached hydrogen (secondary N) is 1. The third-order valence-electron chi connectivity index (χ3n) is 5.48. The second-order valence-corrected chi connectivity index (χ2v) is 8.72. The van der Waals surface area contributed by atoms with Crippen molar-refractivity contribution in [3.8, 4) is 0 Å². The van der Waals surface area contributed by atoms with E-state index in [1.807, 2.05) is 25.2 Å². The summed E-state index contributed by atoms with van der Waals surface area (Å²) >= 11 is 0. The molecule has 1 aliphatic carbocycles. The molecule has 2 rings (SSSR count). The fourth-order valence-corrected chi connectivity index (χ4v) is 3.73. The summed E-state index contributed by atoms with van der Waals surface area (Å²) in [7, 11) is 0. The Morgan fingerprint density at radius 1 is 1.13 bits per heavy atom. The number of nitrogens with zero attached hydrogens (tertiary/aromatic N) is 1. The summed E-state index contributed by atoms with van der Waals surface area (Å²) in [5.41, 5.74) is 5.59. The molecule has 1 aromatic rings. The lowest BCUT2D eigenvalue weighted by molar-refractivity contribution is -0.384. The molecule has 0 radical (unpaired) electrons. The van der Waals surface area contributed by atoms with Crippen LogP contribution >= 0.6 is 0 Å². The average Bonchev–Trinajstić information content (AvgIpc) is 2.67. The van der Waals surface area contributed by atoms with Gasteiger partial charge in [-0.2, -0.15) is 0 Å². The first-order valence-corrected chi connectivity index (χ1v) is 10.6. The number of carbonyl (C=O) groups excluding carboxylic acids is 1. The highest BCUT2D eigenvalue weighted by atomic mass is 16.6. The summed E-state index contributed by atoms with van der Waals surface area (Å²) in [6, 6.07) is 5.74. The summed E-state index contributed by atoms with van der Waals surface area (Å²) in [6.07, 6.45) is 15.4. The SMILES string of the molecule is CC(C=CC1=C(C)CCCC1(C)C)=CC=CC(C)=CC(=O)Nc1ccc([N+](=O)[O-])cc1. The van der Waals surface area contributed by atoms with E-state index in [0.29, 0.717) is 5.69 Å². The van der Waals surface area contributed by atoms with Crippen molar-refractivity contribution in [3.63, 3.8) is 0 Å². The maximum Gasteiger partial charge on any atom is 0.269 e. The molecule has 0 spiro atoms. The number of hydrogen-bond donors (Lipinski definition) is 1. The number of carbonyl (C=O) groups is 1. The number of non-ortho nitro benzene ring substituents is 1. The van der Waals surface area contributed by atoms with E-state index in [0.717, 1.165) is 11.1 Å². The first-order chi connectivity index (χ1) is 14.6. The van der Waals surface area contributed by atoms with Crippen LogP contribution in [0.2, 0.25) is 0 Å². The van der Waals surface area contributed by atoms with Crippen molar-refractivity contribution < 1.29 is 9.72 Å². The number of amides is 1. The minimum Gasteiger partial charge on any atom is -0.322 e. The zero-order valence-electron chi connectivity index (χ0n) is 19.1. The van der Waals surface area contributed by atoms with Gasteiger partial charge in [-0.25, -0.2) is 0 Å². The molecule has 5 nitrogen and oxygen atoms in total. The predicted octanol–water partition coefficient (Wildman–Crippen LogP) is 7.06. The van der Waals surface area contributed by atoms with Crippen molar-refractivity contribution in [1.82, 2.24) is 0 Å². The monoisotopic (exact) mass is 420 g/mol. The zero-order valence-corrected chi connectivity index (χ0v) is 19.1. The second-order valence-electron chi connectivity index (χ2n) is 8.72. The molecule has 0 aliphatic heterocycles. The molecule has 1 amide bonds. The minimum absolute atomic E-state index is 0.0117. The van der Waals surface area contributed by atoms with Gasteiger partial charge >= 0.3 is 0 Å². The lowest BCUT2D eigenvalue weighted by atomic mass is 9.72. The van der Waals surface area contributed by atoms with Crippen LogP contribution in [0.4, 0.5) is 11.4 Å². The molecule has 164 valence electrons. The molecule has 0 fully saturated rings. The van der Waals surface area contributed by atoms with Crippen LogP contribution in [0.25, 0.3) is 0 Å². The molecule has 1 N–H and O–H groups in total. The number of anilines is 1. The predicted molar refractivity (Wildman–Crippen MR) is 128 cm³/mol. The van der Waals surface area contributed by atoms with Crippen molar-refractivity contribution in [1.29, 1.82) is 0 Å². The Labute approximate surface area is 185 Å². The Morgan fingerprint density at radius 3 is 2.42 bits per heavy atom. The van der Waals surface area contributed by atoms with E-state index in [-0.39, 0.29) is 17.0 Å². The van der Waals surface area contributed by atoms with Gasteiger partial charge in [-0.15, -0.1) is 0 Å². The average molecular weight is 421 g/mol. The van der Waals surface area contributed by atoms with Crippen molar-refractivity contribution in [2.45, 2.75) is 53.9 Å². The molecular weight excluding hydrogens is 388 g/mol. The van der Waals surface area contributed by atoms with Crippen LogP contribution in [0.15, 0.2) is 83.0 Å². The number of nitro benzene ring substituents is 1. The fourth-order valence-electron chi connectivity index (χ4n) is 3.73. The number of nitro groups is 1. The molecule has 1 aliphatic rings. The standard InChI is InChI=1S/C26H32N2O3/c1-19(11-16-24-21(3)10-7-17-26(24,4)5)8-6-9-20(2)18-25(29)27-22-12-14-23(15-13-22)28(30)31/h6,8-9,11-16,18H,7,10,17H2,1-5H3,(H,27,29). The fraction of sp³-hybridized carbons (Fsp3) is 0.346. The van der Waals surface area contributed by atoms with Gasteiger partial charge in [-0.3, -0.25) is 14.9 Å². The number of benzene rings is 1. The molecule has 0 aromatic heterocycles. The van der Waals surface area contributed by atoms with Crippen LogP contribution < -0.4 is 5.32 Å². The summed E-state index contributed by atoms with van der Waals surface area (Å²) in [5.74, 6) is -0.279. The molecule has 1 aromatic carbocycles. The maximum absolute atomic E-state index is 12.1. The van der Waals surface area contributed by atoms with Gasteiger partial charge in [0.15, 0.2) is 0 Å². The first kappa shape index (κ1) is 24.1. The zero-order chi connectivity index (χ0) is 23.0. The van der Waals surface area contributed by atoms with E-state index in [4.69, 9.17) is 0 Å². The van der Waals surface area contributed by atoms with Crippen LogP contribution in [0.3, 0.4) is 0 Å². The van der Waals surface area contributed by atoms with E-state index in [1.54, 1.807) is 0 Å². The summed E-state index contributed by atoms with van der Waals surface area (Å²) in [5, 5.41) is 13.4. The molecule has 0 atom stereocenters. The van der Waals surface area contributed by atoms with Gasteiger partial charge in [0.1, 0.15) is 0 Å². The van der Waals surface area contributed by atoms with Gasteiger partial charge < -0.3 is 5.32 Å². The molecule has 0 saturated heterocycles. The van der Waals surface area contributed by atoms with Crippen molar-refractivity contribution in [2.24, 2.45) is 5.41 Å². The van der Waals surface area contributed by atoms with Crippen molar-refractivity contribution in [2.75, 3.05) is 5.32 Å². The lowest BCUT2D eigenvalue weighted by Gasteiger charge is -2.32. The van der Waals surface area contributed by atoms with Gasteiger partial charge in [0.05, 0.1) is 4.92 Å². The molecule has 0 saturated carbocycles. The molecule has 0 heterocycles. The second kappa shape index (κ2) is 10.7. The Balaban J connectivity index is 1.95. The van der Waals surface area contributed by atoms with E-state index >= 15 is 0 Å². The van der Waals surface area contributed by atoms with E-state index < -0.39 is 4.92 Å². The Hall–Kier alpha value is -3.21. The number of allylic oxidation sites excluding steroid dienone is 9. The third-order valence-corrected chi connectivity index (χ3v) is 5.48. The highest BCUT2D eigenvalue weighted by molar-refractivity contribution is 6.00. The van der Waals surface area contributed by atoms with Crippen LogP contribution in [-0.2, 0) is 4.79 Å². The molecular formula is C26H32N2O3. The third kappa shape index (κ3) is 7.52. The quantitative estimate of drug-likeness (QED) is 0.222. The Kier molecular flexibility index (Phi) is 8.31. The lowest BCUT2D eigenvalue weighted by Crippen LogP contribution is -2.19. The van der Waals surface area contributed by atoms with Crippen LogP contribution in [0.5, 0.6) is 0 Å². The Morgan fingerprint density at radius 2 is 1.81 bits per heavy atom. The smallest absolute Gasteiger partial charge is 0.269 e. The van der Waals surface area contributed by atoms with Crippen LogP contribution in [0.1, 0.15) is 53.9 Å². The van der Waals surface area contributed by atoms with Crippen LogP contribution in [0, 0.1) is 15.5 Å². The van der Waals surface area contributed by atoms with Gasteiger partial charge in [-0.05, 0) is 68.7 Å². The Bertz CT molecular complexity index is 974. The molecule has 31 heavy (non-hydrogen) atoms. The van der Waals surface area contributed by atoms with Crippen molar-refractivity contribution in [3.05, 3.63) is 93.1 Å². The van der Waals surface area contributed by atoms with Gasteiger partial charge in [-0.1, -0.05) is 55.4 Å². The van der Waals surface area contributed by atoms with Crippen LogP contribution in [-0.4, -0.2) is 10.8 Å². The summed E-state index contributed by atoms with van der Waals surface area (Å²) < 4.78 is 0. The minimum atomic E-state index is -0.473. The van der Waals surface area contributed by atoms with Gasteiger partial charge in [0.2, 0.25) is 5.91 Å². The highest BCUT2D eigenvalue weighted by Gasteiger charge is 2.26. The number of rotatable bonds is 7. The van der Waals surface area contributed by atoms with Gasteiger partial charge in [0.25, 0.3) is 5.69 Å². The molecule has 5 heteroatoms. The maximum atomic E-state index is 12.1. The van der Waals surface area contributed by atoms with E-state index in [9.17, 15) is 14.9 Å². The largest absolute Gasteiger partial charge is 0.322 e. The van der Waals surface area contributed by atoms with E-state index in [2.05, 4.69) is 45.2 Å². The number of hydrogen-bond acceptors (Lipinski definition) is 3. The van der Waals surface area contributed by atoms with Crippen molar-refractivity contribution >= 4 is 17.3 Å². The van der Waals surface area contributed by atoms with E-state index in [1.165, 1.54) is 60.8 Å². The summed E-state index contributed by atoms with van der Waals surface area (Å²) in [6.45, 7) is 10.8. The normalized spacial score (nSPS) is 17.5. The topological polar surface area (TPSA) is 72.2 Å². The molecule has 0 bridgehead atoms. The first-order valence-electron chi connectivity index (χ1n) is 10.6. The molecule has 0 unspecified atom stereocenters. The van der Waals surface area contributed by atoms with Gasteiger partial charge in [0, 0.05) is 23.9 Å². The summed E-state index contributed by atoms with van der Waals surface area (Å²) in [4.78, 5) is 22.3.